The molecular weight excluding hydrogens is 248 g/mol. The van der Waals surface area contributed by atoms with Crippen molar-refractivity contribution in [3.8, 4) is 0 Å². The first-order valence-corrected chi connectivity index (χ1v) is 6.34. The van der Waals surface area contributed by atoms with Crippen LogP contribution in [0.5, 0.6) is 0 Å². The van der Waals surface area contributed by atoms with Crippen molar-refractivity contribution < 1.29 is 23.9 Å². The third kappa shape index (κ3) is 8.99. The number of hydrogen-bond acceptors (Lipinski definition) is 5. The van der Waals surface area contributed by atoms with Gasteiger partial charge in [-0.1, -0.05) is 6.08 Å². The van der Waals surface area contributed by atoms with E-state index in [1.54, 1.807) is 6.92 Å². The maximum Gasteiger partial charge on any atom is 0.333 e. The summed E-state index contributed by atoms with van der Waals surface area (Å²) in [5, 5.41) is 0. The van der Waals surface area contributed by atoms with Crippen LogP contribution in [0.25, 0.3) is 0 Å². The van der Waals surface area contributed by atoms with Crippen LogP contribution in [0.4, 0.5) is 0 Å². The molecule has 0 radical (unpaired) electrons. The van der Waals surface area contributed by atoms with E-state index in [9.17, 15) is 14.4 Å². The lowest BCUT2D eigenvalue weighted by molar-refractivity contribution is -0.142. The quantitative estimate of drug-likeness (QED) is 0.365. The zero-order valence-corrected chi connectivity index (χ0v) is 11.9. The highest BCUT2D eigenvalue weighted by atomic mass is 16.5. The van der Waals surface area contributed by atoms with Crippen LogP contribution in [0, 0.1) is 0 Å². The van der Waals surface area contributed by atoms with Crippen molar-refractivity contribution >= 4 is 17.7 Å². The van der Waals surface area contributed by atoms with Crippen LogP contribution in [0.1, 0.15) is 45.4 Å². The van der Waals surface area contributed by atoms with Crippen LogP contribution in [-0.4, -0.2) is 31.9 Å². The SMILES string of the molecule is COC(=O)CCC(=O)CCCC/C=C(\C)C(=O)OC. The largest absolute Gasteiger partial charge is 0.469 e. The minimum Gasteiger partial charge on any atom is -0.469 e. The molecule has 0 bridgehead atoms. The molecule has 0 saturated heterocycles. The minimum absolute atomic E-state index is 0.0686. The molecule has 0 N–H and O–H groups in total. The molecule has 0 saturated carbocycles. The molecule has 19 heavy (non-hydrogen) atoms. The summed E-state index contributed by atoms with van der Waals surface area (Å²) in [7, 11) is 2.66. The average molecular weight is 270 g/mol. The van der Waals surface area contributed by atoms with Crippen LogP contribution < -0.4 is 0 Å². The molecule has 0 aliphatic rings. The van der Waals surface area contributed by atoms with E-state index in [4.69, 9.17) is 0 Å². The highest BCUT2D eigenvalue weighted by molar-refractivity contribution is 5.87. The third-order valence-electron chi connectivity index (χ3n) is 2.70. The molecule has 0 rings (SSSR count). The molecule has 0 aliphatic carbocycles. The summed E-state index contributed by atoms with van der Waals surface area (Å²) < 4.78 is 9.03. The van der Waals surface area contributed by atoms with E-state index in [1.807, 2.05) is 6.08 Å². The van der Waals surface area contributed by atoms with Crippen molar-refractivity contribution in [2.24, 2.45) is 0 Å². The smallest absolute Gasteiger partial charge is 0.333 e. The molecule has 0 aromatic carbocycles. The molecule has 0 aromatic heterocycles. The van der Waals surface area contributed by atoms with E-state index in [0.717, 1.165) is 19.3 Å². The standard InChI is InChI=1S/C14H22O5/c1-11(14(17)19-3)7-5-4-6-8-12(15)9-10-13(16)18-2/h7H,4-6,8-10H2,1-3H3/b11-7+. The van der Waals surface area contributed by atoms with Gasteiger partial charge in [0.1, 0.15) is 5.78 Å². The molecule has 0 aliphatic heterocycles. The first-order chi connectivity index (χ1) is 9.01. The van der Waals surface area contributed by atoms with Crippen molar-refractivity contribution in [1.29, 1.82) is 0 Å². The molecule has 0 fully saturated rings. The van der Waals surface area contributed by atoms with Gasteiger partial charge in [-0.25, -0.2) is 4.79 Å². The van der Waals surface area contributed by atoms with Gasteiger partial charge in [-0.3, -0.25) is 9.59 Å². The van der Waals surface area contributed by atoms with Gasteiger partial charge < -0.3 is 9.47 Å². The predicted octanol–water partition coefficient (Wildman–Crippen LogP) is 2.19. The number of rotatable bonds is 9. The van der Waals surface area contributed by atoms with E-state index in [-0.39, 0.29) is 30.6 Å². The van der Waals surface area contributed by atoms with E-state index in [2.05, 4.69) is 9.47 Å². The Morgan fingerprint density at radius 2 is 1.63 bits per heavy atom. The Hall–Kier alpha value is -1.65. The number of allylic oxidation sites excluding steroid dienone is 1. The summed E-state index contributed by atoms with van der Waals surface area (Å²) in [6.45, 7) is 1.70. The lowest BCUT2D eigenvalue weighted by atomic mass is 10.1. The number of unbranched alkanes of at least 4 members (excludes halogenated alkanes) is 2. The Morgan fingerprint density at radius 1 is 0.947 bits per heavy atom. The Bertz CT molecular complexity index is 344. The fourth-order valence-corrected chi connectivity index (χ4v) is 1.50. The molecule has 0 aromatic rings. The summed E-state index contributed by atoms with van der Waals surface area (Å²) >= 11 is 0. The van der Waals surface area contributed by atoms with E-state index >= 15 is 0 Å². The predicted molar refractivity (Wildman–Crippen MR) is 70.5 cm³/mol. The lowest BCUT2D eigenvalue weighted by Crippen LogP contribution is -2.05. The van der Waals surface area contributed by atoms with Gasteiger partial charge in [0.2, 0.25) is 0 Å². The van der Waals surface area contributed by atoms with Gasteiger partial charge in [0.25, 0.3) is 0 Å². The molecule has 0 amide bonds. The molecular formula is C14H22O5. The number of carbonyl (C=O) groups is 3. The van der Waals surface area contributed by atoms with E-state index < -0.39 is 0 Å². The second kappa shape index (κ2) is 10.3. The van der Waals surface area contributed by atoms with Gasteiger partial charge in [-0.05, 0) is 26.2 Å². The number of ether oxygens (including phenoxy) is 2. The number of esters is 2. The third-order valence-corrected chi connectivity index (χ3v) is 2.70. The molecule has 5 heteroatoms. The van der Waals surface area contributed by atoms with Crippen LogP contribution in [0.2, 0.25) is 0 Å². The topological polar surface area (TPSA) is 69.7 Å². The number of carbonyl (C=O) groups excluding carboxylic acids is 3. The van der Waals surface area contributed by atoms with Gasteiger partial charge in [-0.15, -0.1) is 0 Å². The monoisotopic (exact) mass is 270 g/mol. The number of Topliss-reactive ketones (excluding diaryl/α,β-unsaturated/α-hetero) is 1. The summed E-state index contributed by atoms with van der Waals surface area (Å²) in [6, 6.07) is 0. The molecule has 0 spiro atoms. The van der Waals surface area contributed by atoms with E-state index in [1.165, 1.54) is 14.2 Å². The minimum atomic E-state index is -0.356. The van der Waals surface area contributed by atoms with Gasteiger partial charge in [0.15, 0.2) is 0 Å². The fraction of sp³-hybridized carbons (Fsp3) is 0.643. The number of methoxy groups -OCH3 is 2. The van der Waals surface area contributed by atoms with Crippen LogP contribution in [0.15, 0.2) is 11.6 Å². The number of ketones is 1. The second-order valence-corrected chi connectivity index (χ2v) is 4.24. The molecule has 5 nitrogen and oxygen atoms in total. The van der Waals surface area contributed by atoms with Crippen LogP contribution >= 0.6 is 0 Å². The summed E-state index contributed by atoms with van der Waals surface area (Å²) in [6.07, 6.45) is 4.99. The highest BCUT2D eigenvalue weighted by Crippen LogP contribution is 2.07. The van der Waals surface area contributed by atoms with E-state index in [0.29, 0.717) is 12.0 Å². The van der Waals surface area contributed by atoms with Gasteiger partial charge in [0.05, 0.1) is 20.6 Å². The van der Waals surface area contributed by atoms with Gasteiger partial charge >= 0.3 is 11.9 Å². The molecule has 0 heterocycles. The Balaban J connectivity index is 3.67. The zero-order valence-electron chi connectivity index (χ0n) is 11.9. The summed E-state index contributed by atoms with van der Waals surface area (Å²) in [4.78, 5) is 33.3. The van der Waals surface area contributed by atoms with Gasteiger partial charge in [-0.2, -0.15) is 0 Å². The Labute approximate surface area is 114 Å². The van der Waals surface area contributed by atoms with Crippen molar-refractivity contribution in [3.63, 3.8) is 0 Å². The van der Waals surface area contributed by atoms with Crippen molar-refractivity contribution in [2.75, 3.05) is 14.2 Å². The normalized spacial score (nSPS) is 11.0. The fourth-order valence-electron chi connectivity index (χ4n) is 1.50. The summed E-state index contributed by atoms with van der Waals surface area (Å²) in [5.41, 5.74) is 0.583. The maximum absolute atomic E-state index is 11.4. The molecule has 108 valence electrons. The van der Waals surface area contributed by atoms with Crippen molar-refractivity contribution in [3.05, 3.63) is 11.6 Å². The molecule has 0 atom stereocenters. The zero-order chi connectivity index (χ0) is 14.7. The van der Waals surface area contributed by atoms with Gasteiger partial charge in [0, 0.05) is 18.4 Å². The Kier molecular flexibility index (Phi) is 9.40. The first-order valence-electron chi connectivity index (χ1n) is 6.34. The van der Waals surface area contributed by atoms with Crippen molar-refractivity contribution in [1.82, 2.24) is 0 Å². The van der Waals surface area contributed by atoms with Crippen LogP contribution in [-0.2, 0) is 23.9 Å². The summed E-state index contributed by atoms with van der Waals surface area (Å²) in [5.74, 6) is -0.613. The highest BCUT2D eigenvalue weighted by Gasteiger charge is 2.06. The van der Waals surface area contributed by atoms with Crippen LogP contribution in [0.3, 0.4) is 0 Å². The molecule has 0 unspecified atom stereocenters. The lowest BCUT2D eigenvalue weighted by Gasteiger charge is -2.01. The first kappa shape index (κ1) is 17.4. The maximum atomic E-state index is 11.4. The second-order valence-electron chi connectivity index (χ2n) is 4.24. The van der Waals surface area contributed by atoms with Crippen molar-refractivity contribution in [2.45, 2.75) is 45.4 Å². The number of hydrogen-bond donors (Lipinski definition) is 0. The Morgan fingerprint density at radius 3 is 2.21 bits per heavy atom. The average Bonchev–Trinajstić information content (AvgIpc) is 2.42.